The fraction of sp³-hybridized carbons (Fsp3) is 0.235. The molecule has 0 radical (unpaired) electrons. The summed E-state index contributed by atoms with van der Waals surface area (Å²) in [7, 11) is -1.95. The molecule has 0 atom stereocenters. The molecule has 0 fully saturated rings. The summed E-state index contributed by atoms with van der Waals surface area (Å²) >= 11 is 0. The van der Waals surface area contributed by atoms with Crippen LogP contribution >= 0.6 is 0 Å². The van der Waals surface area contributed by atoms with Gasteiger partial charge in [0.1, 0.15) is 0 Å². The van der Waals surface area contributed by atoms with Crippen LogP contribution in [-0.4, -0.2) is 29.7 Å². The van der Waals surface area contributed by atoms with E-state index in [1.54, 1.807) is 43.6 Å². The van der Waals surface area contributed by atoms with E-state index in [0.717, 1.165) is 5.56 Å². The van der Waals surface area contributed by atoms with E-state index in [9.17, 15) is 13.2 Å². The van der Waals surface area contributed by atoms with Gasteiger partial charge in [-0.05, 0) is 25.1 Å². The third-order valence-corrected chi connectivity index (χ3v) is 5.25. The number of hydrogen-bond donors (Lipinski definition) is 1. The van der Waals surface area contributed by atoms with Gasteiger partial charge in [0.25, 0.3) is 0 Å². The summed E-state index contributed by atoms with van der Waals surface area (Å²) in [6.07, 6.45) is 1.86. The fourth-order valence-corrected chi connectivity index (χ4v) is 3.32. The molecule has 0 aliphatic carbocycles. The van der Waals surface area contributed by atoms with Crippen molar-refractivity contribution in [3.63, 3.8) is 0 Å². The lowest BCUT2D eigenvalue weighted by Gasteiger charge is -2.05. The molecule has 0 saturated carbocycles. The highest BCUT2D eigenvalue weighted by atomic mass is 32.2. The molecule has 3 aromatic rings. The van der Waals surface area contributed by atoms with Crippen molar-refractivity contribution in [2.45, 2.75) is 18.2 Å². The van der Waals surface area contributed by atoms with Gasteiger partial charge in [0.2, 0.25) is 27.3 Å². The minimum Gasteiger partial charge on any atom is -0.339 e. The maximum absolute atomic E-state index is 12.2. The van der Waals surface area contributed by atoms with Gasteiger partial charge in [-0.1, -0.05) is 22.9 Å². The van der Waals surface area contributed by atoms with Crippen LogP contribution in [0, 0.1) is 6.92 Å². The van der Waals surface area contributed by atoms with Gasteiger partial charge >= 0.3 is 0 Å². The molecule has 0 aliphatic rings. The normalized spacial score (nSPS) is 11.6. The first kappa shape index (κ1) is 18.0. The summed E-state index contributed by atoms with van der Waals surface area (Å²) < 4.78 is 33.5. The Hall–Kier alpha value is -2.78. The van der Waals surface area contributed by atoms with E-state index in [1.165, 1.54) is 10.6 Å². The van der Waals surface area contributed by atoms with Gasteiger partial charge in [0.15, 0.2) is 0 Å². The van der Waals surface area contributed by atoms with Crippen LogP contribution in [0.1, 0.15) is 11.5 Å². The molecule has 136 valence electrons. The van der Waals surface area contributed by atoms with E-state index in [0.29, 0.717) is 17.3 Å². The highest BCUT2D eigenvalue weighted by molar-refractivity contribution is 7.89. The number of aryl methyl sites for hydroxylation is 2. The fourth-order valence-electron chi connectivity index (χ4n) is 2.29. The largest absolute Gasteiger partial charge is 0.339 e. The predicted octanol–water partition coefficient (Wildman–Crippen LogP) is 1.26. The molecule has 3 rings (SSSR count). The average molecular weight is 374 g/mol. The summed E-state index contributed by atoms with van der Waals surface area (Å²) in [5.41, 5.74) is 1.49. The van der Waals surface area contributed by atoms with Crippen LogP contribution in [0.25, 0.3) is 11.4 Å². The summed E-state index contributed by atoms with van der Waals surface area (Å²) in [5.74, 6) is 0.650. The molecule has 1 aromatic carbocycles. The maximum Gasteiger partial charge on any atom is 0.250 e. The summed E-state index contributed by atoms with van der Waals surface area (Å²) in [5, 5.41) is 3.86. The first-order chi connectivity index (χ1) is 12.3. The van der Waals surface area contributed by atoms with E-state index in [-0.39, 0.29) is 23.4 Å². The molecule has 0 spiro atoms. The Bertz CT molecular complexity index is 1070. The van der Waals surface area contributed by atoms with Crippen molar-refractivity contribution in [1.82, 2.24) is 19.4 Å². The molecule has 26 heavy (non-hydrogen) atoms. The van der Waals surface area contributed by atoms with Gasteiger partial charge in [0.05, 0.1) is 4.90 Å². The second-order valence-electron chi connectivity index (χ2n) is 5.84. The Balaban J connectivity index is 1.64. The molecule has 0 saturated heterocycles. The van der Waals surface area contributed by atoms with Crippen molar-refractivity contribution in [1.29, 1.82) is 0 Å². The van der Waals surface area contributed by atoms with E-state index >= 15 is 0 Å². The zero-order chi connectivity index (χ0) is 18.7. The second kappa shape index (κ2) is 7.22. The molecule has 0 bridgehead atoms. The van der Waals surface area contributed by atoms with Gasteiger partial charge in [-0.25, -0.2) is 13.1 Å². The van der Waals surface area contributed by atoms with E-state index in [4.69, 9.17) is 4.52 Å². The lowest BCUT2D eigenvalue weighted by Crippen LogP contribution is -2.26. The smallest absolute Gasteiger partial charge is 0.250 e. The lowest BCUT2D eigenvalue weighted by atomic mass is 10.2. The van der Waals surface area contributed by atoms with Crippen molar-refractivity contribution in [2.75, 3.05) is 6.54 Å². The first-order valence-electron chi connectivity index (χ1n) is 7.91. The molecule has 0 amide bonds. The molecule has 0 aliphatic heterocycles. The minimum atomic E-state index is -3.58. The number of sulfonamides is 1. The molecule has 2 heterocycles. The highest BCUT2D eigenvalue weighted by Gasteiger charge is 2.14. The second-order valence-corrected chi connectivity index (χ2v) is 7.61. The Morgan fingerprint density at radius 3 is 2.58 bits per heavy atom. The predicted molar refractivity (Wildman–Crippen MR) is 95.0 cm³/mol. The molecule has 0 unspecified atom stereocenters. The van der Waals surface area contributed by atoms with E-state index in [1.807, 2.05) is 6.92 Å². The Labute approximate surface area is 150 Å². The zero-order valence-electron chi connectivity index (χ0n) is 14.3. The molecule has 1 N–H and O–H groups in total. The molecular weight excluding hydrogens is 356 g/mol. The van der Waals surface area contributed by atoms with Gasteiger partial charge in [0, 0.05) is 37.8 Å². The average Bonchev–Trinajstić information content (AvgIpc) is 3.06. The standard InChI is InChI=1S/C17H18N4O4S/c1-12-3-6-14(7-4-12)26(23,24)18-10-9-15-19-17(20-25-15)13-5-8-16(22)21(2)11-13/h3-8,11,18H,9-10H2,1-2H3. The van der Waals surface area contributed by atoms with Gasteiger partial charge < -0.3 is 9.09 Å². The molecular formula is C17H18N4O4S. The summed E-state index contributed by atoms with van der Waals surface area (Å²) in [6, 6.07) is 9.63. The van der Waals surface area contributed by atoms with Crippen molar-refractivity contribution >= 4 is 10.0 Å². The Kier molecular flexibility index (Phi) is 5.01. The van der Waals surface area contributed by atoms with Crippen LogP contribution in [0.5, 0.6) is 0 Å². The van der Waals surface area contributed by atoms with Crippen molar-refractivity contribution in [3.05, 3.63) is 64.4 Å². The van der Waals surface area contributed by atoms with Gasteiger partial charge in [-0.15, -0.1) is 0 Å². The summed E-state index contributed by atoms with van der Waals surface area (Å²) in [4.78, 5) is 15.8. The number of nitrogens with one attached hydrogen (secondary N) is 1. The molecule has 9 heteroatoms. The van der Waals surface area contributed by atoms with Crippen molar-refractivity contribution < 1.29 is 12.9 Å². The third kappa shape index (κ3) is 4.06. The number of rotatable bonds is 6. The first-order valence-corrected chi connectivity index (χ1v) is 9.39. The maximum atomic E-state index is 12.2. The third-order valence-electron chi connectivity index (χ3n) is 3.77. The van der Waals surface area contributed by atoms with Crippen LogP contribution in [0.3, 0.4) is 0 Å². The van der Waals surface area contributed by atoms with Crippen LogP contribution in [0.4, 0.5) is 0 Å². The molecule has 8 nitrogen and oxygen atoms in total. The van der Waals surface area contributed by atoms with Gasteiger partial charge in [-0.2, -0.15) is 4.98 Å². The SMILES string of the molecule is Cc1ccc(S(=O)(=O)NCCc2nc(-c3ccc(=O)n(C)c3)no2)cc1. The monoisotopic (exact) mass is 374 g/mol. The van der Waals surface area contributed by atoms with E-state index < -0.39 is 10.0 Å². The van der Waals surface area contributed by atoms with Gasteiger partial charge in [-0.3, -0.25) is 4.79 Å². The molecule has 2 aromatic heterocycles. The Morgan fingerprint density at radius 1 is 1.15 bits per heavy atom. The number of pyridine rings is 1. The van der Waals surface area contributed by atoms with Crippen molar-refractivity contribution in [2.24, 2.45) is 7.05 Å². The van der Waals surface area contributed by atoms with Crippen LogP contribution in [0.15, 0.2) is 56.8 Å². The lowest BCUT2D eigenvalue weighted by molar-refractivity contribution is 0.379. The topological polar surface area (TPSA) is 107 Å². The minimum absolute atomic E-state index is 0.130. The Morgan fingerprint density at radius 2 is 1.88 bits per heavy atom. The zero-order valence-corrected chi connectivity index (χ0v) is 15.2. The quantitative estimate of drug-likeness (QED) is 0.696. The van der Waals surface area contributed by atoms with Crippen LogP contribution in [0.2, 0.25) is 0 Å². The number of aromatic nitrogens is 3. The number of hydrogen-bond acceptors (Lipinski definition) is 6. The van der Waals surface area contributed by atoms with Crippen molar-refractivity contribution in [3.8, 4) is 11.4 Å². The van der Waals surface area contributed by atoms with Crippen LogP contribution < -0.4 is 10.3 Å². The van der Waals surface area contributed by atoms with E-state index in [2.05, 4.69) is 14.9 Å². The number of benzene rings is 1. The highest BCUT2D eigenvalue weighted by Crippen LogP contribution is 2.14. The van der Waals surface area contributed by atoms with Crippen LogP contribution in [-0.2, 0) is 23.5 Å². The summed E-state index contributed by atoms with van der Waals surface area (Å²) in [6.45, 7) is 2.02. The number of nitrogens with zero attached hydrogens (tertiary/aromatic N) is 3.